The monoisotopic (exact) mass is 230 g/mol. The molecule has 0 spiro atoms. The first-order valence-corrected chi connectivity index (χ1v) is 6.99. The molecule has 1 saturated heterocycles. The summed E-state index contributed by atoms with van der Waals surface area (Å²) in [5.74, 6) is 0.874. The fourth-order valence-corrected chi connectivity index (χ4v) is 2.58. The maximum atomic E-state index is 3.54. The summed E-state index contributed by atoms with van der Waals surface area (Å²) in [6, 6.07) is 9.19. The van der Waals surface area contributed by atoms with Crippen LogP contribution in [0.3, 0.4) is 0 Å². The second-order valence-electron chi connectivity index (χ2n) is 5.40. The van der Waals surface area contributed by atoms with Crippen LogP contribution >= 0.6 is 0 Å². The Morgan fingerprint density at radius 2 is 1.71 bits per heavy atom. The molecule has 2 nitrogen and oxygen atoms in total. The Kier molecular flexibility index (Phi) is 3.44. The predicted octanol–water partition coefficient (Wildman–Crippen LogP) is 3.05. The summed E-state index contributed by atoms with van der Waals surface area (Å²) < 4.78 is 0. The van der Waals surface area contributed by atoms with Gasteiger partial charge in [0.15, 0.2) is 0 Å². The third kappa shape index (κ3) is 3.08. The smallest absolute Gasteiger partial charge is 0.0353 e. The Balaban J connectivity index is 1.50. The van der Waals surface area contributed by atoms with Crippen molar-refractivity contribution in [1.82, 2.24) is 10.4 Å². The van der Waals surface area contributed by atoms with Gasteiger partial charge in [-0.25, -0.2) is 5.01 Å². The molecule has 0 atom stereocenters. The molecule has 3 rings (SSSR count). The first kappa shape index (κ1) is 11.2. The largest absolute Gasteiger partial charge is 0.251 e. The molecule has 0 aromatic heterocycles. The highest BCUT2D eigenvalue weighted by molar-refractivity contribution is 5.27. The van der Waals surface area contributed by atoms with Crippen molar-refractivity contribution in [3.63, 3.8) is 0 Å². The number of piperidine rings is 1. The Morgan fingerprint density at radius 1 is 1.00 bits per heavy atom. The van der Waals surface area contributed by atoms with E-state index in [4.69, 9.17) is 0 Å². The van der Waals surface area contributed by atoms with Crippen LogP contribution in [-0.4, -0.2) is 18.1 Å². The van der Waals surface area contributed by atoms with Crippen molar-refractivity contribution in [2.24, 2.45) is 0 Å². The van der Waals surface area contributed by atoms with Crippen LogP contribution in [0.15, 0.2) is 24.3 Å². The quantitative estimate of drug-likeness (QED) is 0.855. The molecule has 1 aliphatic carbocycles. The van der Waals surface area contributed by atoms with E-state index in [-0.39, 0.29) is 0 Å². The van der Waals surface area contributed by atoms with E-state index in [0.717, 1.165) is 12.5 Å². The fraction of sp³-hybridized carbons (Fsp3) is 0.600. The number of nitrogens with one attached hydrogen (secondary N) is 1. The van der Waals surface area contributed by atoms with Crippen LogP contribution in [0.5, 0.6) is 0 Å². The number of rotatable bonds is 4. The molecule has 2 fully saturated rings. The maximum absolute atomic E-state index is 3.54. The van der Waals surface area contributed by atoms with E-state index in [1.165, 1.54) is 56.3 Å². The lowest BCUT2D eigenvalue weighted by molar-refractivity contribution is 0.151. The van der Waals surface area contributed by atoms with Crippen molar-refractivity contribution in [1.29, 1.82) is 0 Å². The zero-order valence-electron chi connectivity index (χ0n) is 10.5. The van der Waals surface area contributed by atoms with Crippen LogP contribution in [0.25, 0.3) is 0 Å². The van der Waals surface area contributed by atoms with Gasteiger partial charge in [0.05, 0.1) is 0 Å². The lowest BCUT2D eigenvalue weighted by Crippen LogP contribution is -2.41. The van der Waals surface area contributed by atoms with Crippen LogP contribution in [-0.2, 0) is 6.54 Å². The molecule has 1 aromatic carbocycles. The first-order valence-electron chi connectivity index (χ1n) is 6.99. The Hall–Kier alpha value is -0.860. The number of hydrogen-bond acceptors (Lipinski definition) is 2. The number of nitrogens with zero attached hydrogens (tertiary/aromatic N) is 1. The number of hydrogen-bond donors (Lipinski definition) is 1. The van der Waals surface area contributed by atoms with Gasteiger partial charge in [-0.3, -0.25) is 5.43 Å². The fourth-order valence-electron chi connectivity index (χ4n) is 2.58. The van der Waals surface area contributed by atoms with Gasteiger partial charge in [0.2, 0.25) is 0 Å². The minimum Gasteiger partial charge on any atom is -0.251 e. The van der Waals surface area contributed by atoms with E-state index in [2.05, 4.69) is 34.7 Å². The van der Waals surface area contributed by atoms with Crippen LogP contribution in [0.1, 0.15) is 49.1 Å². The van der Waals surface area contributed by atoms with E-state index < -0.39 is 0 Å². The summed E-state index contributed by atoms with van der Waals surface area (Å²) in [6.07, 6.45) is 6.87. The van der Waals surface area contributed by atoms with E-state index in [1.807, 2.05) is 0 Å². The van der Waals surface area contributed by atoms with E-state index >= 15 is 0 Å². The van der Waals surface area contributed by atoms with E-state index in [0.29, 0.717) is 0 Å². The summed E-state index contributed by atoms with van der Waals surface area (Å²) >= 11 is 0. The molecule has 1 aliphatic heterocycles. The normalized spacial score (nSPS) is 21.6. The molecule has 1 saturated carbocycles. The lowest BCUT2D eigenvalue weighted by Gasteiger charge is -2.27. The Bertz CT molecular complexity index is 348. The summed E-state index contributed by atoms with van der Waals surface area (Å²) in [5.41, 5.74) is 6.47. The molecule has 2 aliphatic rings. The van der Waals surface area contributed by atoms with Gasteiger partial charge in [-0.1, -0.05) is 30.7 Å². The minimum absolute atomic E-state index is 0.874. The molecule has 0 radical (unpaired) electrons. The van der Waals surface area contributed by atoms with Gasteiger partial charge in [-0.15, -0.1) is 0 Å². The van der Waals surface area contributed by atoms with Gasteiger partial charge < -0.3 is 0 Å². The van der Waals surface area contributed by atoms with Gasteiger partial charge in [-0.2, -0.15) is 0 Å². The van der Waals surface area contributed by atoms with Gasteiger partial charge >= 0.3 is 0 Å². The number of benzene rings is 1. The van der Waals surface area contributed by atoms with Crippen molar-refractivity contribution in [2.75, 3.05) is 13.1 Å². The highest BCUT2D eigenvalue weighted by atomic mass is 15.5. The van der Waals surface area contributed by atoms with E-state index in [9.17, 15) is 0 Å². The minimum atomic E-state index is 0.874. The Labute approximate surface area is 104 Å². The molecule has 92 valence electrons. The molecule has 1 aromatic rings. The Morgan fingerprint density at radius 3 is 2.35 bits per heavy atom. The molecule has 1 N–H and O–H groups in total. The average molecular weight is 230 g/mol. The van der Waals surface area contributed by atoms with Gasteiger partial charge in [0, 0.05) is 19.6 Å². The second kappa shape index (κ2) is 5.19. The molecule has 0 amide bonds. The molecular weight excluding hydrogens is 208 g/mol. The highest BCUT2D eigenvalue weighted by Crippen LogP contribution is 2.39. The van der Waals surface area contributed by atoms with Crippen molar-refractivity contribution in [2.45, 2.75) is 44.6 Å². The zero-order valence-corrected chi connectivity index (χ0v) is 10.5. The zero-order chi connectivity index (χ0) is 11.5. The standard InChI is InChI=1S/C15H22N2/c1-2-10-17(11-3-1)16-12-13-4-6-14(7-5-13)15-8-9-15/h4-7,15-16H,1-3,8-12H2. The lowest BCUT2D eigenvalue weighted by atomic mass is 10.1. The molecule has 1 heterocycles. The second-order valence-corrected chi connectivity index (χ2v) is 5.40. The summed E-state index contributed by atoms with van der Waals surface area (Å²) in [7, 11) is 0. The SMILES string of the molecule is c1cc(C2CC2)ccc1CNN1CCCCC1. The molecule has 17 heavy (non-hydrogen) atoms. The molecule has 2 heteroatoms. The first-order chi connectivity index (χ1) is 8.42. The topological polar surface area (TPSA) is 15.3 Å². The van der Waals surface area contributed by atoms with Gasteiger partial charge in [-0.05, 0) is 42.7 Å². The molecule has 0 bridgehead atoms. The maximum Gasteiger partial charge on any atom is 0.0353 e. The van der Waals surface area contributed by atoms with Crippen molar-refractivity contribution in [3.8, 4) is 0 Å². The summed E-state index contributed by atoms with van der Waals surface area (Å²) in [4.78, 5) is 0. The third-order valence-corrected chi connectivity index (χ3v) is 3.89. The van der Waals surface area contributed by atoms with Crippen LogP contribution in [0.4, 0.5) is 0 Å². The van der Waals surface area contributed by atoms with E-state index in [1.54, 1.807) is 0 Å². The average Bonchev–Trinajstić information content (AvgIpc) is 3.23. The van der Waals surface area contributed by atoms with Crippen LogP contribution < -0.4 is 5.43 Å². The predicted molar refractivity (Wildman–Crippen MR) is 70.7 cm³/mol. The van der Waals surface area contributed by atoms with Crippen molar-refractivity contribution in [3.05, 3.63) is 35.4 Å². The van der Waals surface area contributed by atoms with Crippen LogP contribution in [0.2, 0.25) is 0 Å². The summed E-state index contributed by atoms with van der Waals surface area (Å²) in [6.45, 7) is 3.39. The molecular formula is C15H22N2. The highest BCUT2D eigenvalue weighted by Gasteiger charge is 2.22. The van der Waals surface area contributed by atoms with Crippen LogP contribution in [0, 0.1) is 0 Å². The van der Waals surface area contributed by atoms with Crippen molar-refractivity contribution >= 4 is 0 Å². The van der Waals surface area contributed by atoms with Gasteiger partial charge in [0.1, 0.15) is 0 Å². The molecule has 0 unspecified atom stereocenters. The number of hydrazine groups is 1. The third-order valence-electron chi connectivity index (χ3n) is 3.89. The van der Waals surface area contributed by atoms with Crippen molar-refractivity contribution < 1.29 is 0 Å². The summed E-state index contributed by atoms with van der Waals surface area (Å²) in [5, 5.41) is 2.37. The van der Waals surface area contributed by atoms with Gasteiger partial charge in [0.25, 0.3) is 0 Å².